The summed E-state index contributed by atoms with van der Waals surface area (Å²) in [4.78, 5) is 16.4. The molecule has 2 rings (SSSR count). The van der Waals surface area contributed by atoms with Crippen molar-refractivity contribution >= 4 is 17.4 Å². The van der Waals surface area contributed by atoms with Crippen LogP contribution in [0.5, 0.6) is 0 Å². The molecule has 1 amide bonds. The van der Waals surface area contributed by atoms with Gasteiger partial charge in [-0.3, -0.25) is 4.79 Å². The van der Waals surface area contributed by atoms with Crippen LogP contribution in [0.2, 0.25) is 0 Å². The SMILES string of the molecule is CCCc1cc(C(=O)Nc2cc(C)cc(F)c2)cc(N)n1. The third-order valence-electron chi connectivity index (χ3n) is 2.97. The predicted molar refractivity (Wildman–Crippen MR) is 81.7 cm³/mol. The first kappa shape index (κ1) is 15.0. The molecule has 4 nitrogen and oxygen atoms in total. The van der Waals surface area contributed by atoms with Crippen molar-refractivity contribution in [2.45, 2.75) is 26.7 Å². The number of nitrogens with two attached hydrogens (primary N) is 1. The largest absolute Gasteiger partial charge is 0.384 e. The number of nitrogens with one attached hydrogen (secondary N) is 1. The second kappa shape index (κ2) is 6.35. The summed E-state index contributed by atoms with van der Waals surface area (Å²) >= 11 is 0. The predicted octanol–water partition coefficient (Wildman–Crippen LogP) is 3.32. The van der Waals surface area contributed by atoms with Gasteiger partial charge in [-0.15, -0.1) is 0 Å². The van der Waals surface area contributed by atoms with Crippen molar-refractivity contribution < 1.29 is 9.18 Å². The molecule has 0 atom stereocenters. The molecular weight excluding hydrogens is 269 g/mol. The zero-order valence-corrected chi connectivity index (χ0v) is 12.1. The van der Waals surface area contributed by atoms with Gasteiger partial charge < -0.3 is 11.1 Å². The molecular formula is C16H18FN3O. The monoisotopic (exact) mass is 287 g/mol. The summed E-state index contributed by atoms with van der Waals surface area (Å²) in [6.07, 6.45) is 1.67. The van der Waals surface area contributed by atoms with Crippen molar-refractivity contribution in [2.75, 3.05) is 11.1 Å². The second-order valence-corrected chi connectivity index (χ2v) is 4.99. The number of nitrogens with zero attached hydrogens (tertiary/aromatic N) is 1. The number of amides is 1. The molecule has 2 aromatic rings. The summed E-state index contributed by atoms with van der Waals surface area (Å²) in [6.45, 7) is 3.79. The Kier molecular flexibility index (Phi) is 4.52. The third kappa shape index (κ3) is 4.02. The lowest BCUT2D eigenvalue weighted by Gasteiger charge is -2.08. The molecule has 110 valence electrons. The normalized spacial score (nSPS) is 10.4. The van der Waals surface area contributed by atoms with E-state index in [9.17, 15) is 9.18 Å². The third-order valence-corrected chi connectivity index (χ3v) is 2.97. The molecule has 0 aliphatic rings. The number of aromatic nitrogens is 1. The molecule has 1 aromatic heterocycles. The van der Waals surface area contributed by atoms with E-state index < -0.39 is 0 Å². The second-order valence-electron chi connectivity index (χ2n) is 4.99. The molecule has 0 unspecified atom stereocenters. The summed E-state index contributed by atoms with van der Waals surface area (Å²) in [5.74, 6) is -0.404. The maximum absolute atomic E-state index is 13.3. The molecule has 0 aliphatic carbocycles. The number of rotatable bonds is 4. The fraction of sp³-hybridized carbons (Fsp3) is 0.250. The highest BCUT2D eigenvalue weighted by molar-refractivity contribution is 6.04. The summed E-state index contributed by atoms with van der Waals surface area (Å²) < 4.78 is 13.3. The lowest BCUT2D eigenvalue weighted by molar-refractivity contribution is 0.102. The van der Waals surface area contributed by atoms with Gasteiger partial charge in [0.2, 0.25) is 0 Å². The van der Waals surface area contributed by atoms with Crippen LogP contribution in [0.1, 0.15) is 35.0 Å². The van der Waals surface area contributed by atoms with Crippen molar-refractivity contribution in [3.8, 4) is 0 Å². The first-order chi connectivity index (χ1) is 9.97. The quantitative estimate of drug-likeness (QED) is 0.906. The Hall–Kier alpha value is -2.43. The van der Waals surface area contributed by atoms with Gasteiger partial charge in [-0.1, -0.05) is 13.3 Å². The van der Waals surface area contributed by atoms with E-state index in [1.807, 2.05) is 6.92 Å². The average Bonchev–Trinajstić information content (AvgIpc) is 2.37. The summed E-state index contributed by atoms with van der Waals surface area (Å²) in [6, 6.07) is 7.61. The van der Waals surface area contributed by atoms with E-state index in [0.29, 0.717) is 17.1 Å². The van der Waals surface area contributed by atoms with Crippen LogP contribution in [0.25, 0.3) is 0 Å². The molecule has 0 saturated heterocycles. The number of carbonyl (C=O) groups excluding carboxylic acids is 1. The Bertz CT molecular complexity index is 650. The van der Waals surface area contributed by atoms with Gasteiger partial charge in [0.1, 0.15) is 11.6 Å². The zero-order chi connectivity index (χ0) is 15.4. The average molecular weight is 287 g/mol. The van der Waals surface area contributed by atoms with Gasteiger partial charge in [0, 0.05) is 16.9 Å². The van der Waals surface area contributed by atoms with Crippen LogP contribution in [0.3, 0.4) is 0 Å². The fourth-order valence-corrected chi connectivity index (χ4v) is 2.14. The maximum Gasteiger partial charge on any atom is 0.255 e. The topological polar surface area (TPSA) is 68.0 Å². The summed E-state index contributed by atoms with van der Waals surface area (Å²) in [7, 11) is 0. The molecule has 3 N–H and O–H groups in total. The van der Waals surface area contributed by atoms with Crippen LogP contribution >= 0.6 is 0 Å². The highest BCUT2D eigenvalue weighted by atomic mass is 19.1. The van der Waals surface area contributed by atoms with Gasteiger partial charge in [-0.05, 0) is 49.2 Å². The Balaban J connectivity index is 2.23. The van der Waals surface area contributed by atoms with Crippen molar-refractivity contribution in [3.63, 3.8) is 0 Å². The summed E-state index contributed by atoms with van der Waals surface area (Å²) in [5, 5.41) is 2.67. The van der Waals surface area contributed by atoms with E-state index in [1.165, 1.54) is 18.2 Å². The van der Waals surface area contributed by atoms with E-state index in [-0.39, 0.29) is 11.7 Å². The molecule has 0 radical (unpaired) electrons. The van der Waals surface area contributed by atoms with E-state index in [2.05, 4.69) is 10.3 Å². The minimum Gasteiger partial charge on any atom is -0.384 e. The Morgan fingerprint density at radius 2 is 2.05 bits per heavy atom. The maximum atomic E-state index is 13.3. The number of carbonyl (C=O) groups is 1. The van der Waals surface area contributed by atoms with Crippen molar-refractivity contribution in [1.29, 1.82) is 0 Å². The van der Waals surface area contributed by atoms with Gasteiger partial charge in [0.15, 0.2) is 0 Å². The fourth-order valence-electron chi connectivity index (χ4n) is 2.14. The van der Waals surface area contributed by atoms with E-state index in [4.69, 9.17) is 5.73 Å². The van der Waals surface area contributed by atoms with Crippen molar-refractivity contribution in [1.82, 2.24) is 4.98 Å². The van der Waals surface area contributed by atoms with Crippen LogP contribution < -0.4 is 11.1 Å². The Morgan fingerprint density at radius 1 is 1.29 bits per heavy atom. The standard InChI is InChI=1S/C16H18FN3O/c1-3-4-13-7-11(8-15(18)19-13)16(21)20-14-6-10(2)5-12(17)9-14/h5-9H,3-4H2,1-2H3,(H2,18,19)(H,20,21). The number of nitrogen functional groups attached to an aromatic ring is 1. The molecule has 0 aliphatic heterocycles. The van der Waals surface area contributed by atoms with Gasteiger partial charge in [0.05, 0.1) is 0 Å². The number of benzene rings is 1. The van der Waals surface area contributed by atoms with Crippen molar-refractivity contribution in [2.24, 2.45) is 0 Å². The minimum atomic E-state index is -0.383. The molecule has 0 saturated carbocycles. The summed E-state index contributed by atoms with van der Waals surface area (Å²) in [5.41, 5.74) is 8.08. The number of hydrogen-bond donors (Lipinski definition) is 2. The zero-order valence-electron chi connectivity index (χ0n) is 12.1. The number of pyridine rings is 1. The molecule has 1 heterocycles. The van der Waals surface area contributed by atoms with Crippen LogP contribution in [-0.2, 0) is 6.42 Å². The molecule has 5 heteroatoms. The van der Waals surface area contributed by atoms with E-state index >= 15 is 0 Å². The Morgan fingerprint density at radius 3 is 2.71 bits per heavy atom. The van der Waals surface area contributed by atoms with E-state index in [0.717, 1.165) is 24.1 Å². The Labute approximate surface area is 123 Å². The van der Waals surface area contributed by atoms with Crippen LogP contribution in [0.15, 0.2) is 30.3 Å². The minimum absolute atomic E-state index is 0.307. The number of halogens is 1. The van der Waals surface area contributed by atoms with Gasteiger partial charge in [0.25, 0.3) is 5.91 Å². The first-order valence-electron chi connectivity index (χ1n) is 6.83. The van der Waals surface area contributed by atoms with Gasteiger partial charge in [-0.2, -0.15) is 0 Å². The van der Waals surface area contributed by atoms with Gasteiger partial charge >= 0.3 is 0 Å². The van der Waals surface area contributed by atoms with Crippen molar-refractivity contribution in [3.05, 3.63) is 53.0 Å². The lowest BCUT2D eigenvalue weighted by atomic mass is 10.1. The highest BCUT2D eigenvalue weighted by Crippen LogP contribution is 2.16. The van der Waals surface area contributed by atoms with Crippen LogP contribution in [-0.4, -0.2) is 10.9 Å². The molecule has 21 heavy (non-hydrogen) atoms. The number of hydrogen-bond acceptors (Lipinski definition) is 3. The molecule has 1 aromatic carbocycles. The lowest BCUT2D eigenvalue weighted by Crippen LogP contribution is -2.14. The highest BCUT2D eigenvalue weighted by Gasteiger charge is 2.10. The molecule has 0 bridgehead atoms. The molecule has 0 fully saturated rings. The number of anilines is 2. The van der Waals surface area contributed by atoms with Crippen LogP contribution in [0, 0.1) is 12.7 Å². The van der Waals surface area contributed by atoms with E-state index in [1.54, 1.807) is 19.1 Å². The molecule has 0 spiro atoms. The first-order valence-corrected chi connectivity index (χ1v) is 6.83. The number of aryl methyl sites for hydroxylation is 2. The smallest absolute Gasteiger partial charge is 0.255 e. The van der Waals surface area contributed by atoms with Gasteiger partial charge in [-0.25, -0.2) is 9.37 Å². The van der Waals surface area contributed by atoms with Crippen LogP contribution in [0.4, 0.5) is 15.9 Å².